The second-order valence-electron chi connectivity index (χ2n) is 7.52. The van der Waals surface area contributed by atoms with E-state index >= 15 is 0 Å². The molecule has 1 atom stereocenters. The molecule has 138 valence electrons. The third-order valence-corrected chi connectivity index (χ3v) is 4.48. The highest BCUT2D eigenvalue weighted by Gasteiger charge is 2.20. The number of amides is 1. The fourth-order valence-electron chi connectivity index (χ4n) is 3.36. The van der Waals surface area contributed by atoms with Crippen LogP contribution in [0.25, 0.3) is 0 Å². The minimum atomic E-state index is 0.238. The van der Waals surface area contributed by atoms with E-state index in [0.717, 1.165) is 31.7 Å². The number of rotatable bonds is 9. The summed E-state index contributed by atoms with van der Waals surface area (Å²) in [5, 5.41) is 4.65. The highest BCUT2D eigenvalue weighted by molar-refractivity contribution is 5.76. The largest absolute Gasteiger partial charge is 0.339 e. The fraction of sp³-hybridized carbons (Fsp3) is 0.789. The Morgan fingerprint density at radius 1 is 1.21 bits per heavy atom. The molecular formula is C19H36N4O. The Morgan fingerprint density at radius 3 is 2.33 bits per heavy atom. The van der Waals surface area contributed by atoms with E-state index < -0.39 is 0 Å². The third-order valence-electron chi connectivity index (χ3n) is 4.48. The van der Waals surface area contributed by atoms with Gasteiger partial charge < -0.3 is 9.80 Å². The molecule has 0 fully saturated rings. The first-order chi connectivity index (χ1) is 11.2. The number of aryl methyl sites for hydroxylation is 1. The van der Waals surface area contributed by atoms with Crippen LogP contribution in [0.2, 0.25) is 0 Å². The van der Waals surface area contributed by atoms with Crippen molar-refractivity contribution < 1.29 is 4.79 Å². The molecule has 5 nitrogen and oxygen atoms in total. The average molecular weight is 337 g/mol. The summed E-state index contributed by atoms with van der Waals surface area (Å²) in [6.07, 6.45) is 1.33. The summed E-state index contributed by atoms with van der Waals surface area (Å²) in [5.74, 6) is 0.808. The van der Waals surface area contributed by atoms with E-state index in [-0.39, 0.29) is 11.9 Å². The van der Waals surface area contributed by atoms with E-state index in [0.29, 0.717) is 12.3 Å². The van der Waals surface area contributed by atoms with Gasteiger partial charge in [0.2, 0.25) is 5.91 Å². The van der Waals surface area contributed by atoms with E-state index in [4.69, 9.17) is 0 Å². The van der Waals surface area contributed by atoms with Crippen LogP contribution >= 0.6 is 0 Å². The molecule has 1 rings (SSSR count). The van der Waals surface area contributed by atoms with E-state index in [9.17, 15) is 4.79 Å². The summed E-state index contributed by atoms with van der Waals surface area (Å²) in [5.41, 5.74) is 3.50. The molecular weight excluding hydrogens is 300 g/mol. The lowest BCUT2D eigenvalue weighted by molar-refractivity contribution is -0.133. The monoisotopic (exact) mass is 336 g/mol. The Kier molecular flexibility index (Phi) is 7.94. The zero-order valence-corrected chi connectivity index (χ0v) is 16.9. The van der Waals surface area contributed by atoms with Crippen molar-refractivity contribution in [1.82, 2.24) is 19.6 Å². The van der Waals surface area contributed by atoms with Gasteiger partial charge in [-0.1, -0.05) is 13.8 Å². The van der Waals surface area contributed by atoms with Crippen LogP contribution in [0.5, 0.6) is 0 Å². The number of hydrogen-bond donors (Lipinski definition) is 0. The Balaban J connectivity index is 2.74. The summed E-state index contributed by atoms with van der Waals surface area (Å²) in [4.78, 5) is 16.8. The van der Waals surface area contributed by atoms with Crippen LogP contribution in [-0.2, 0) is 17.8 Å². The second kappa shape index (κ2) is 9.21. The van der Waals surface area contributed by atoms with E-state index in [1.165, 1.54) is 11.3 Å². The van der Waals surface area contributed by atoms with Gasteiger partial charge in [-0.25, -0.2) is 0 Å². The van der Waals surface area contributed by atoms with Crippen LogP contribution < -0.4 is 0 Å². The van der Waals surface area contributed by atoms with Crippen molar-refractivity contribution in [3.8, 4) is 0 Å². The highest BCUT2D eigenvalue weighted by atomic mass is 16.2. The molecule has 0 spiro atoms. The second-order valence-corrected chi connectivity index (χ2v) is 7.52. The molecule has 1 heterocycles. The molecule has 0 saturated carbocycles. The molecule has 0 unspecified atom stereocenters. The van der Waals surface area contributed by atoms with E-state index in [1.54, 1.807) is 0 Å². The van der Waals surface area contributed by atoms with Crippen LogP contribution in [0.15, 0.2) is 0 Å². The lowest BCUT2D eigenvalue weighted by Crippen LogP contribution is -2.43. The molecule has 5 heteroatoms. The topological polar surface area (TPSA) is 41.4 Å². The Bertz CT molecular complexity index is 534. The summed E-state index contributed by atoms with van der Waals surface area (Å²) in [6, 6.07) is 0.239. The molecule has 1 amide bonds. The zero-order chi connectivity index (χ0) is 18.4. The van der Waals surface area contributed by atoms with E-state index in [1.807, 2.05) is 19.0 Å². The standard InChI is InChI=1S/C19H36N4O/c1-9-22(15(4)13-21(7)8)19(24)11-10-18-16(5)20-23(17(18)6)12-14(2)3/h14-15H,9-13H2,1-8H3/t15-/m1/s1. The first-order valence-corrected chi connectivity index (χ1v) is 9.14. The molecule has 0 bridgehead atoms. The number of carbonyl (C=O) groups excluding carboxylic acids is 1. The predicted octanol–water partition coefficient (Wildman–Crippen LogP) is 2.89. The number of carbonyl (C=O) groups is 1. The van der Waals surface area contributed by atoms with Crippen LogP contribution in [0.3, 0.4) is 0 Å². The number of aromatic nitrogens is 2. The lowest BCUT2D eigenvalue weighted by Gasteiger charge is -2.30. The summed E-state index contributed by atoms with van der Waals surface area (Å²) in [7, 11) is 4.09. The molecule has 0 radical (unpaired) electrons. The minimum Gasteiger partial charge on any atom is -0.339 e. The zero-order valence-electron chi connectivity index (χ0n) is 16.9. The van der Waals surface area contributed by atoms with Crippen molar-refractivity contribution in [3.05, 3.63) is 17.0 Å². The molecule has 0 aliphatic carbocycles. The van der Waals surface area contributed by atoms with Gasteiger partial charge in [-0.05, 0) is 59.7 Å². The van der Waals surface area contributed by atoms with Crippen molar-refractivity contribution in [1.29, 1.82) is 0 Å². The first-order valence-electron chi connectivity index (χ1n) is 9.14. The number of nitrogens with zero attached hydrogens (tertiary/aromatic N) is 4. The summed E-state index contributed by atoms with van der Waals surface area (Å²) >= 11 is 0. The predicted molar refractivity (Wildman–Crippen MR) is 100 cm³/mol. The van der Waals surface area contributed by atoms with Crippen LogP contribution in [0, 0.1) is 19.8 Å². The fourth-order valence-corrected chi connectivity index (χ4v) is 3.36. The normalized spacial score (nSPS) is 12.9. The Labute approximate surface area is 148 Å². The number of hydrogen-bond acceptors (Lipinski definition) is 3. The summed E-state index contributed by atoms with van der Waals surface area (Å²) in [6.45, 7) is 15.3. The van der Waals surface area contributed by atoms with Gasteiger partial charge in [0, 0.05) is 37.8 Å². The van der Waals surface area contributed by atoms with E-state index in [2.05, 4.69) is 56.2 Å². The van der Waals surface area contributed by atoms with Crippen molar-refractivity contribution in [2.75, 3.05) is 27.2 Å². The first kappa shape index (κ1) is 20.7. The SMILES string of the molecule is CCN(C(=O)CCc1c(C)nn(CC(C)C)c1C)[C@H](C)CN(C)C. The Morgan fingerprint density at radius 2 is 1.83 bits per heavy atom. The quantitative estimate of drug-likeness (QED) is 0.696. The van der Waals surface area contributed by atoms with Gasteiger partial charge in [-0.3, -0.25) is 9.48 Å². The maximum atomic E-state index is 12.7. The van der Waals surface area contributed by atoms with Gasteiger partial charge in [0.25, 0.3) is 0 Å². The van der Waals surface area contributed by atoms with Gasteiger partial charge in [0.1, 0.15) is 0 Å². The van der Waals surface area contributed by atoms with Gasteiger partial charge in [0.15, 0.2) is 0 Å². The van der Waals surface area contributed by atoms with Crippen LogP contribution in [0.1, 0.15) is 51.1 Å². The molecule has 0 aliphatic heterocycles. The van der Waals surface area contributed by atoms with Gasteiger partial charge in [0.05, 0.1) is 5.69 Å². The molecule has 1 aromatic rings. The smallest absolute Gasteiger partial charge is 0.223 e. The van der Waals surface area contributed by atoms with Crippen molar-refractivity contribution >= 4 is 5.91 Å². The Hall–Kier alpha value is -1.36. The van der Waals surface area contributed by atoms with Gasteiger partial charge in [-0.15, -0.1) is 0 Å². The molecule has 24 heavy (non-hydrogen) atoms. The van der Waals surface area contributed by atoms with Crippen LogP contribution in [-0.4, -0.2) is 58.7 Å². The van der Waals surface area contributed by atoms with Crippen molar-refractivity contribution in [3.63, 3.8) is 0 Å². The highest BCUT2D eigenvalue weighted by Crippen LogP contribution is 2.17. The number of likely N-dealkylation sites (N-methyl/N-ethyl adjacent to an activating group) is 2. The van der Waals surface area contributed by atoms with Gasteiger partial charge >= 0.3 is 0 Å². The molecule has 0 saturated heterocycles. The van der Waals surface area contributed by atoms with Crippen LogP contribution in [0.4, 0.5) is 0 Å². The van der Waals surface area contributed by atoms with Crippen molar-refractivity contribution in [2.24, 2.45) is 5.92 Å². The molecule has 1 aromatic heterocycles. The maximum absolute atomic E-state index is 12.7. The van der Waals surface area contributed by atoms with Crippen molar-refractivity contribution in [2.45, 2.75) is 67.0 Å². The average Bonchev–Trinajstić information content (AvgIpc) is 2.70. The molecule has 0 aromatic carbocycles. The maximum Gasteiger partial charge on any atom is 0.223 e. The summed E-state index contributed by atoms with van der Waals surface area (Å²) < 4.78 is 2.09. The van der Waals surface area contributed by atoms with Gasteiger partial charge in [-0.2, -0.15) is 5.10 Å². The molecule has 0 aliphatic rings. The molecule has 0 N–H and O–H groups in total. The lowest BCUT2D eigenvalue weighted by atomic mass is 10.1. The third kappa shape index (κ3) is 5.62. The minimum absolute atomic E-state index is 0.238.